The molecule has 6 nitrogen and oxygen atoms in total. The molecule has 31 heavy (non-hydrogen) atoms. The maximum Gasteiger partial charge on any atom is 0.417 e. The van der Waals surface area contributed by atoms with Gasteiger partial charge in [-0.15, -0.1) is 0 Å². The Morgan fingerprint density at radius 3 is 2.16 bits per heavy atom. The number of benzene rings is 2. The summed E-state index contributed by atoms with van der Waals surface area (Å²) in [6.45, 7) is 4.52. The number of rotatable bonds is 7. The lowest BCUT2D eigenvalue weighted by molar-refractivity contribution is -0.138. The number of nitrogens with zero attached hydrogens (tertiary/aromatic N) is 2. The van der Waals surface area contributed by atoms with Crippen LogP contribution in [-0.2, 0) is 32.0 Å². The molecule has 2 aromatic carbocycles. The van der Waals surface area contributed by atoms with Gasteiger partial charge in [-0.2, -0.15) is 13.2 Å². The van der Waals surface area contributed by atoms with E-state index in [0.29, 0.717) is 11.1 Å². The highest BCUT2D eigenvalue weighted by molar-refractivity contribution is 6.43. The van der Waals surface area contributed by atoms with E-state index in [1.165, 1.54) is 46.3 Å². The highest BCUT2D eigenvalue weighted by atomic mass is 19.4. The third-order valence-corrected chi connectivity index (χ3v) is 4.58. The summed E-state index contributed by atoms with van der Waals surface area (Å²) in [5.41, 5.74) is 1.04. The van der Waals surface area contributed by atoms with E-state index in [1.807, 2.05) is 0 Å². The molecule has 0 saturated carbocycles. The zero-order valence-electron chi connectivity index (χ0n) is 17.8. The Labute approximate surface area is 178 Å². The van der Waals surface area contributed by atoms with E-state index in [-0.39, 0.29) is 29.2 Å². The minimum absolute atomic E-state index is 0.0614. The quantitative estimate of drug-likeness (QED) is 0.356. The molecular weight excluding hydrogens is 413 g/mol. The zero-order valence-corrected chi connectivity index (χ0v) is 17.8. The predicted octanol–water partition coefficient (Wildman–Crippen LogP) is 4.79. The molecule has 9 heteroatoms. The van der Waals surface area contributed by atoms with Gasteiger partial charge in [0.25, 0.3) is 0 Å². The average Bonchev–Trinajstić information content (AvgIpc) is 2.71. The number of carbonyl (C=O) groups excluding carboxylic acids is 1. The molecule has 0 aliphatic carbocycles. The van der Waals surface area contributed by atoms with Crippen molar-refractivity contribution in [1.29, 1.82) is 0 Å². The van der Waals surface area contributed by atoms with Gasteiger partial charge in [0.2, 0.25) is 0 Å². The van der Waals surface area contributed by atoms with Crippen molar-refractivity contribution in [2.24, 2.45) is 10.3 Å². The first kappa shape index (κ1) is 23.9. The smallest absolute Gasteiger partial charge is 0.417 e. The second kappa shape index (κ2) is 10.1. The summed E-state index contributed by atoms with van der Waals surface area (Å²) in [5, 5.41) is 7.62. The number of hydrogen-bond donors (Lipinski definition) is 0. The fourth-order valence-corrected chi connectivity index (χ4v) is 3.09. The topological polar surface area (TPSA) is 69.5 Å². The molecule has 0 amide bonds. The van der Waals surface area contributed by atoms with Gasteiger partial charge in [-0.3, -0.25) is 0 Å². The molecule has 0 aromatic heterocycles. The predicted molar refractivity (Wildman–Crippen MR) is 110 cm³/mol. The van der Waals surface area contributed by atoms with Crippen LogP contribution in [-0.4, -0.2) is 31.6 Å². The average molecular weight is 436 g/mol. The van der Waals surface area contributed by atoms with Crippen LogP contribution in [0.2, 0.25) is 0 Å². The van der Waals surface area contributed by atoms with Gasteiger partial charge in [0, 0.05) is 16.7 Å². The molecule has 0 bridgehead atoms. The van der Waals surface area contributed by atoms with Gasteiger partial charge in [-0.1, -0.05) is 46.7 Å². The normalized spacial score (nSPS) is 12.5. The highest BCUT2D eigenvalue weighted by Crippen LogP contribution is 2.34. The van der Waals surface area contributed by atoms with Crippen LogP contribution < -0.4 is 0 Å². The molecule has 0 spiro atoms. The Morgan fingerprint density at radius 1 is 0.968 bits per heavy atom. The van der Waals surface area contributed by atoms with Crippen LogP contribution in [0.5, 0.6) is 0 Å². The summed E-state index contributed by atoms with van der Waals surface area (Å²) in [5.74, 6) is -0.706. The van der Waals surface area contributed by atoms with Crippen molar-refractivity contribution in [3.05, 3.63) is 69.8 Å². The third-order valence-electron chi connectivity index (χ3n) is 4.58. The lowest BCUT2D eigenvalue weighted by atomic mass is 9.98. The fraction of sp³-hybridized carbons (Fsp3) is 0.318. The summed E-state index contributed by atoms with van der Waals surface area (Å²) in [4.78, 5) is 22.2. The Kier molecular flexibility index (Phi) is 7.79. The van der Waals surface area contributed by atoms with Crippen LogP contribution in [0.15, 0.2) is 46.7 Å². The first-order valence-corrected chi connectivity index (χ1v) is 9.23. The Bertz CT molecular complexity index is 1010. The van der Waals surface area contributed by atoms with Gasteiger partial charge in [-0.25, -0.2) is 4.79 Å². The third kappa shape index (κ3) is 5.62. The summed E-state index contributed by atoms with van der Waals surface area (Å²) >= 11 is 0. The van der Waals surface area contributed by atoms with E-state index in [0.717, 1.165) is 5.56 Å². The number of halogens is 3. The van der Waals surface area contributed by atoms with Crippen LogP contribution in [0.25, 0.3) is 0 Å². The number of oxime groups is 2. The van der Waals surface area contributed by atoms with Crippen molar-refractivity contribution in [2.45, 2.75) is 33.6 Å². The molecule has 166 valence electrons. The molecule has 0 unspecified atom stereocenters. The van der Waals surface area contributed by atoms with Crippen molar-refractivity contribution in [2.75, 3.05) is 14.2 Å². The van der Waals surface area contributed by atoms with Crippen molar-refractivity contribution >= 4 is 17.4 Å². The summed E-state index contributed by atoms with van der Waals surface area (Å²) in [7, 11) is 2.51. The van der Waals surface area contributed by atoms with Crippen LogP contribution in [0.4, 0.5) is 13.2 Å². The van der Waals surface area contributed by atoms with E-state index in [9.17, 15) is 18.0 Å². The van der Waals surface area contributed by atoms with Crippen molar-refractivity contribution in [1.82, 2.24) is 0 Å². The molecule has 0 aliphatic rings. The number of esters is 1. The molecule has 0 atom stereocenters. The SMILES string of the molecule is CO/N=C(/C(=O)OC)c1cccc(C)c1CO/N=C(\C)c1cccc(C)c1C(F)(F)F. The van der Waals surface area contributed by atoms with Crippen LogP contribution in [0.1, 0.15) is 40.3 Å². The number of aryl methyl sites for hydroxylation is 2. The maximum absolute atomic E-state index is 13.5. The first-order valence-electron chi connectivity index (χ1n) is 9.23. The molecular formula is C22H23F3N2O4. The van der Waals surface area contributed by atoms with Gasteiger partial charge >= 0.3 is 12.1 Å². The molecule has 0 N–H and O–H groups in total. The Morgan fingerprint density at radius 2 is 1.58 bits per heavy atom. The fourth-order valence-electron chi connectivity index (χ4n) is 3.09. The van der Waals surface area contributed by atoms with E-state index in [4.69, 9.17) is 14.4 Å². The lowest BCUT2D eigenvalue weighted by Crippen LogP contribution is -2.20. The lowest BCUT2D eigenvalue weighted by Gasteiger charge is -2.15. The second-order valence-electron chi connectivity index (χ2n) is 6.66. The van der Waals surface area contributed by atoms with E-state index >= 15 is 0 Å². The molecule has 0 fully saturated rings. The summed E-state index contributed by atoms with van der Waals surface area (Å²) in [6, 6.07) is 9.42. The van der Waals surface area contributed by atoms with Gasteiger partial charge < -0.3 is 14.4 Å². The monoisotopic (exact) mass is 436 g/mol. The van der Waals surface area contributed by atoms with Gasteiger partial charge in [0.1, 0.15) is 13.7 Å². The van der Waals surface area contributed by atoms with Crippen LogP contribution >= 0.6 is 0 Å². The second-order valence-corrected chi connectivity index (χ2v) is 6.66. The molecule has 0 radical (unpaired) electrons. The largest absolute Gasteiger partial charge is 0.464 e. The van der Waals surface area contributed by atoms with Crippen molar-refractivity contribution in [3.63, 3.8) is 0 Å². The molecule has 0 heterocycles. The first-order chi connectivity index (χ1) is 14.6. The van der Waals surface area contributed by atoms with E-state index in [2.05, 4.69) is 10.3 Å². The maximum atomic E-state index is 13.5. The van der Waals surface area contributed by atoms with E-state index in [1.54, 1.807) is 25.1 Å². The van der Waals surface area contributed by atoms with Gasteiger partial charge in [-0.05, 0) is 31.9 Å². The van der Waals surface area contributed by atoms with E-state index < -0.39 is 17.7 Å². The summed E-state index contributed by atoms with van der Waals surface area (Å²) < 4.78 is 45.2. The Balaban J connectivity index is 2.37. The number of ether oxygens (including phenoxy) is 1. The molecule has 0 aliphatic heterocycles. The highest BCUT2D eigenvalue weighted by Gasteiger charge is 2.35. The van der Waals surface area contributed by atoms with Crippen LogP contribution in [0, 0.1) is 13.8 Å². The standard InChI is InChI=1S/C22H23F3N2O4/c1-13-8-6-11-17(20(27-30-5)21(28)29-4)18(13)12-31-26-15(3)16-10-7-9-14(2)19(16)22(23,24)25/h6-11H,12H2,1-5H3/b26-15+,27-20+. The minimum atomic E-state index is -4.52. The van der Waals surface area contributed by atoms with Crippen LogP contribution in [0.3, 0.4) is 0 Å². The van der Waals surface area contributed by atoms with Gasteiger partial charge in [0.15, 0.2) is 5.71 Å². The number of methoxy groups -OCH3 is 1. The number of hydrogen-bond acceptors (Lipinski definition) is 6. The zero-order chi connectivity index (χ0) is 23.2. The number of alkyl halides is 3. The van der Waals surface area contributed by atoms with Gasteiger partial charge in [0.05, 0.1) is 18.4 Å². The summed E-state index contributed by atoms with van der Waals surface area (Å²) in [6.07, 6.45) is -4.52. The minimum Gasteiger partial charge on any atom is -0.464 e. The molecule has 2 rings (SSSR count). The Hall–Kier alpha value is -3.36. The molecule has 2 aromatic rings. The number of carbonyl (C=O) groups is 1. The van der Waals surface area contributed by atoms with Crippen molar-refractivity contribution < 1.29 is 32.4 Å². The van der Waals surface area contributed by atoms with Crippen molar-refractivity contribution in [3.8, 4) is 0 Å². The molecule has 0 saturated heterocycles.